The quantitative estimate of drug-likeness (QED) is 0.0606. The van der Waals surface area contributed by atoms with E-state index in [2.05, 4.69) is 24.7 Å². The van der Waals surface area contributed by atoms with Gasteiger partial charge in [0, 0.05) is 17.0 Å². The highest BCUT2D eigenvalue weighted by atomic mass is 32.3. The number of hydrogen-bond donors (Lipinski definition) is 6. The molecule has 2 aromatic rings. The molecule has 9 N–H and O–H groups in total. The fourth-order valence-corrected chi connectivity index (χ4v) is 6.92. The number of carbonyl (C=O) groups excluding carboxylic acids is 2. The van der Waals surface area contributed by atoms with Crippen LogP contribution in [0.5, 0.6) is 5.75 Å². The molecule has 1 aromatic heterocycles. The predicted octanol–water partition coefficient (Wildman–Crippen LogP) is 0.498. The van der Waals surface area contributed by atoms with Gasteiger partial charge in [-0.05, 0) is 83.1 Å². The number of aliphatic imine (C=N–C) groups is 1. The molecule has 0 bridgehead atoms. The Hall–Kier alpha value is -4.37. The van der Waals surface area contributed by atoms with Gasteiger partial charge in [-0.2, -0.15) is 13.5 Å². The highest BCUT2D eigenvalue weighted by molar-refractivity contribution is 7.80. The third kappa shape index (κ3) is 7.62. The lowest BCUT2D eigenvalue weighted by Crippen LogP contribution is -2.76. The molecule has 0 spiro atoms. The second-order valence-corrected chi connectivity index (χ2v) is 14.7. The third-order valence-electron chi connectivity index (χ3n) is 8.78. The normalized spacial score (nSPS) is 25.3. The second-order valence-electron chi connectivity index (χ2n) is 12.8. The molecule has 1 aliphatic carbocycles. The first-order valence-corrected chi connectivity index (χ1v) is 17.5. The number of thiazole rings is 1. The number of nitrogen functional groups attached to an aromatic ring is 1. The van der Waals surface area contributed by atoms with E-state index in [0.29, 0.717) is 28.6 Å². The summed E-state index contributed by atoms with van der Waals surface area (Å²) in [5.41, 5.74) is 15.5. The molecule has 266 valence electrons. The SMILES string of the molecule is CC(ON=C(C(=O)NC1C(=O)N(OS(=O)(=O)O)C1(C)C)c1csc(N)n1)(C(=O)O)C1CCc2cc(C(N)=N[C@H]3CCC[C@H](N)C3)ccc2O1. The second kappa shape index (κ2) is 13.5. The van der Waals surface area contributed by atoms with Crippen LogP contribution < -0.4 is 27.3 Å². The van der Waals surface area contributed by atoms with Gasteiger partial charge in [-0.1, -0.05) is 5.16 Å². The maximum atomic E-state index is 13.5. The molecule has 2 aliphatic heterocycles. The van der Waals surface area contributed by atoms with E-state index in [-0.39, 0.29) is 29.3 Å². The van der Waals surface area contributed by atoms with Gasteiger partial charge in [0.05, 0.1) is 11.6 Å². The lowest BCUT2D eigenvalue weighted by Gasteiger charge is -2.50. The number of nitrogens with one attached hydrogen (secondary N) is 1. The molecule has 1 aromatic carbocycles. The minimum atomic E-state index is -5.03. The van der Waals surface area contributed by atoms with Crippen molar-refractivity contribution in [1.29, 1.82) is 0 Å². The Labute approximate surface area is 285 Å². The van der Waals surface area contributed by atoms with Gasteiger partial charge in [0.15, 0.2) is 16.9 Å². The van der Waals surface area contributed by atoms with Crippen molar-refractivity contribution in [2.75, 3.05) is 5.73 Å². The first-order valence-electron chi connectivity index (χ1n) is 15.3. The number of carboxylic acid groups (broad SMARTS) is 1. The number of ether oxygens (including phenoxy) is 1. The number of carbonyl (C=O) groups is 3. The molecule has 3 unspecified atom stereocenters. The number of nitrogens with two attached hydrogens (primary N) is 3. The molecule has 5 atom stereocenters. The van der Waals surface area contributed by atoms with E-state index in [4.69, 9.17) is 31.3 Å². The van der Waals surface area contributed by atoms with E-state index in [9.17, 15) is 27.9 Å². The molecule has 0 radical (unpaired) electrons. The highest BCUT2D eigenvalue weighted by Crippen LogP contribution is 2.35. The van der Waals surface area contributed by atoms with E-state index in [1.165, 1.54) is 26.2 Å². The number of amides is 2. The van der Waals surface area contributed by atoms with Gasteiger partial charge < -0.3 is 37.2 Å². The first-order chi connectivity index (χ1) is 22.9. The van der Waals surface area contributed by atoms with Crippen LogP contribution in [0.15, 0.2) is 33.7 Å². The summed E-state index contributed by atoms with van der Waals surface area (Å²) in [6.07, 6.45) is 3.19. The van der Waals surface area contributed by atoms with Crippen LogP contribution in [0.2, 0.25) is 0 Å². The minimum absolute atomic E-state index is 0.0524. The molecule has 18 nitrogen and oxygen atoms in total. The number of β-lactam (4-membered cyclic amide) rings is 1. The van der Waals surface area contributed by atoms with E-state index in [0.717, 1.165) is 42.6 Å². The van der Waals surface area contributed by atoms with Gasteiger partial charge in [0.25, 0.3) is 17.4 Å². The summed E-state index contributed by atoms with van der Waals surface area (Å²) in [6.45, 7) is 3.99. The Balaban J connectivity index is 1.34. The van der Waals surface area contributed by atoms with Crippen molar-refractivity contribution in [2.45, 2.75) is 94.7 Å². The summed E-state index contributed by atoms with van der Waals surface area (Å²) in [7, 11) is -5.03. The topological polar surface area (TPSA) is 284 Å². The molecule has 20 heteroatoms. The Kier molecular flexibility index (Phi) is 9.90. The van der Waals surface area contributed by atoms with Crippen molar-refractivity contribution in [3.63, 3.8) is 0 Å². The first kappa shape index (κ1) is 35.9. The maximum Gasteiger partial charge on any atom is 0.418 e. The lowest BCUT2D eigenvalue weighted by atomic mass is 9.84. The summed E-state index contributed by atoms with van der Waals surface area (Å²) in [6, 6.07) is 4.09. The number of nitrogens with zero attached hydrogens (tertiary/aromatic N) is 4. The number of aliphatic carboxylic acids is 1. The van der Waals surface area contributed by atoms with Crippen LogP contribution in [0.1, 0.15) is 69.7 Å². The van der Waals surface area contributed by atoms with Crippen molar-refractivity contribution < 1.29 is 46.3 Å². The van der Waals surface area contributed by atoms with E-state index >= 15 is 0 Å². The summed E-state index contributed by atoms with van der Waals surface area (Å²) in [4.78, 5) is 53.0. The summed E-state index contributed by atoms with van der Waals surface area (Å²) in [5, 5.41) is 18.4. The van der Waals surface area contributed by atoms with Gasteiger partial charge in [-0.3, -0.25) is 19.1 Å². The largest absolute Gasteiger partial charge is 0.485 e. The number of amidine groups is 1. The number of hydrogen-bond acceptors (Lipinski definition) is 14. The van der Waals surface area contributed by atoms with Crippen LogP contribution in [0.25, 0.3) is 0 Å². The smallest absolute Gasteiger partial charge is 0.418 e. The molecule has 3 heterocycles. The zero-order chi connectivity index (χ0) is 35.9. The average molecular weight is 723 g/mol. The Morgan fingerprint density at radius 3 is 2.61 bits per heavy atom. The standard InChI is InChI=1S/C29H38N8O10S2/c1-28(2)22(25(39)37(28)47-49(42,43)44)35-24(38)21(18-13-48-27(32)34-18)36-46-29(3,26(40)41)20-10-8-14-11-15(7-9-19(14)45-20)23(31)33-17-6-4-5-16(30)12-17/h7,9,11,13,16-17,20,22H,4-6,8,10,12,30H2,1-3H3,(H2,31,33)(H2,32,34)(H,35,38)(H,40,41)(H,42,43,44)/t16-,17-,20?,22?,29?/m0/s1. The Morgan fingerprint density at radius 2 is 2.00 bits per heavy atom. The van der Waals surface area contributed by atoms with Crippen molar-refractivity contribution in [1.82, 2.24) is 15.4 Å². The fraction of sp³-hybridized carbons (Fsp3) is 0.517. The number of aryl methyl sites for hydroxylation is 1. The highest BCUT2D eigenvalue weighted by Gasteiger charge is 2.58. The van der Waals surface area contributed by atoms with Crippen molar-refractivity contribution in [3.05, 3.63) is 40.4 Å². The molecule has 3 aliphatic rings. The molecule has 2 fully saturated rings. The number of hydroxylamine groups is 2. The van der Waals surface area contributed by atoms with Crippen molar-refractivity contribution in [3.8, 4) is 5.75 Å². The van der Waals surface area contributed by atoms with Crippen LogP contribution in [0.4, 0.5) is 5.13 Å². The van der Waals surface area contributed by atoms with Crippen molar-refractivity contribution >= 4 is 56.2 Å². The molecular formula is C29H38N8O10S2. The maximum absolute atomic E-state index is 13.5. The molecular weight excluding hydrogens is 684 g/mol. The van der Waals surface area contributed by atoms with Gasteiger partial charge in [-0.25, -0.2) is 9.78 Å². The van der Waals surface area contributed by atoms with Crippen LogP contribution in [0.3, 0.4) is 0 Å². The number of rotatable bonds is 11. The average Bonchev–Trinajstić information content (AvgIpc) is 3.46. The molecule has 1 saturated heterocycles. The molecule has 2 amide bonds. The third-order valence-corrected chi connectivity index (χ3v) is 9.79. The van der Waals surface area contributed by atoms with Crippen LogP contribution in [-0.2, 0) is 40.3 Å². The van der Waals surface area contributed by atoms with Crippen LogP contribution in [0, 0.1) is 0 Å². The molecule has 49 heavy (non-hydrogen) atoms. The number of carboxylic acids is 1. The monoisotopic (exact) mass is 722 g/mol. The predicted molar refractivity (Wildman–Crippen MR) is 176 cm³/mol. The fourth-order valence-electron chi connectivity index (χ4n) is 5.92. The van der Waals surface area contributed by atoms with Gasteiger partial charge in [0.1, 0.15) is 23.3 Å². The van der Waals surface area contributed by atoms with Crippen molar-refractivity contribution in [2.24, 2.45) is 21.6 Å². The van der Waals surface area contributed by atoms with E-state index < -0.39 is 57.2 Å². The Bertz CT molecular complexity index is 1810. The molecule has 1 saturated carbocycles. The van der Waals surface area contributed by atoms with E-state index in [1.54, 1.807) is 12.1 Å². The zero-order valence-corrected chi connectivity index (χ0v) is 28.5. The summed E-state index contributed by atoms with van der Waals surface area (Å²) >= 11 is 0.965. The van der Waals surface area contributed by atoms with Gasteiger partial charge in [-0.15, -0.1) is 15.6 Å². The van der Waals surface area contributed by atoms with Gasteiger partial charge >= 0.3 is 16.4 Å². The number of oxime groups is 1. The number of fused-ring (bicyclic) bond motifs is 1. The number of aromatic nitrogens is 1. The van der Waals surface area contributed by atoms with Gasteiger partial charge in [0.2, 0.25) is 0 Å². The lowest BCUT2D eigenvalue weighted by molar-refractivity contribution is -0.218. The van der Waals surface area contributed by atoms with E-state index in [1.807, 2.05) is 6.07 Å². The summed E-state index contributed by atoms with van der Waals surface area (Å²) in [5.74, 6) is -2.65. The molecule has 5 rings (SSSR count). The number of benzene rings is 1. The number of anilines is 1. The Morgan fingerprint density at radius 1 is 1.27 bits per heavy atom. The van der Waals surface area contributed by atoms with Crippen LogP contribution >= 0.6 is 11.3 Å². The minimum Gasteiger partial charge on any atom is -0.485 e. The zero-order valence-electron chi connectivity index (χ0n) is 26.9. The summed E-state index contributed by atoms with van der Waals surface area (Å²) < 4.78 is 41.8. The van der Waals surface area contributed by atoms with Crippen LogP contribution in [-0.4, -0.2) is 92.8 Å².